The molecule has 2 aromatic rings. The first kappa shape index (κ1) is 16.2. The van der Waals surface area contributed by atoms with Crippen molar-refractivity contribution in [3.05, 3.63) is 56.0 Å². The first-order valence-electron chi connectivity index (χ1n) is 7.16. The lowest BCUT2D eigenvalue weighted by molar-refractivity contribution is -0.115. The zero-order valence-corrected chi connectivity index (χ0v) is 16.0. The van der Waals surface area contributed by atoms with Crippen LogP contribution in [-0.4, -0.2) is 15.6 Å². The van der Waals surface area contributed by atoms with Gasteiger partial charge in [0.05, 0.1) is 0 Å². The second-order valence-electron chi connectivity index (χ2n) is 5.56. The van der Waals surface area contributed by atoms with Crippen LogP contribution in [0.25, 0.3) is 11.8 Å². The maximum absolute atomic E-state index is 11.8. The number of hydrogen-bond donors (Lipinski definition) is 2. The smallest absolute Gasteiger partial charge is 0.273 e. The highest BCUT2D eigenvalue weighted by atomic mass is 127. The Balaban J connectivity index is 2.06. The van der Waals surface area contributed by atoms with Crippen molar-refractivity contribution >= 4 is 51.9 Å². The lowest BCUT2D eigenvalue weighted by atomic mass is 10.2. The topological polar surface area (TPSA) is 46.1 Å². The van der Waals surface area contributed by atoms with E-state index in [1.165, 1.54) is 9.13 Å². The molecular weight excluding hydrogens is 421 g/mol. The Morgan fingerprint density at radius 2 is 1.91 bits per heavy atom. The number of rotatable bonds is 2. The number of amides is 1. The Bertz CT molecular complexity index is 867. The number of halogens is 1. The molecule has 0 bridgehead atoms. The minimum absolute atomic E-state index is 0.190. The van der Waals surface area contributed by atoms with Gasteiger partial charge in [0.1, 0.15) is 5.70 Å². The molecule has 0 radical (unpaired) electrons. The van der Waals surface area contributed by atoms with Crippen molar-refractivity contribution in [3.8, 4) is 5.69 Å². The molecule has 118 valence electrons. The fourth-order valence-electron chi connectivity index (χ4n) is 2.69. The maximum atomic E-state index is 11.8. The van der Waals surface area contributed by atoms with Gasteiger partial charge in [0.15, 0.2) is 5.11 Å². The third-order valence-corrected chi connectivity index (χ3v) is 5.27. The fourth-order valence-corrected chi connectivity index (χ4v) is 3.39. The number of hydrogen-bond acceptors (Lipinski definition) is 2. The quantitative estimate of drug-likeness (QED) is 0.431. The van der Waals surface area contributed by atoms with E-state index < -0.39 is 0 Å². The van der Waals surface area contributed by atoms with E-state index in [-0.39, 0.29) is 5.91 Å². The van der Waals surface area contributed by atoms with Gasteiger partial charge in [0.2, 0.25) is 0 Å². The molecule has 1 amide bonds. The molecule has 23 heavy (non-hydrogen) atoms. The molecule has 2 N–H and O–H groups in total. The summed E-state index contributed by atoms with van der Waals surface area (Å²) in [6.07, 6.45) is 1.84. The Kier molecular flexibility index (Phi) is 4.29. The van der Waals surface area contributed by atoms with Gasteiger partial charge in [-0.1, -0.05) is 6.07 Å². The van der Waals surface area contributed by atoms with Crippen molar-refractivity contribution in [2.45, 2.75) is 20.8 Å². The fraction of sp³-hybridized carbons (Fsp3) is 0.176. The van der Waals surface area contributed by atoms with Gasteiger partial charge in [-0.2, -0.15) is 0 Å². The van der Waals surface area contributed by atoms with E-state index in [2.05, 4.69) is 82.8 Å². The summed E-state index contributed by atoms with van der Waals surface area (Å²) in [5.41, 5.74) is 6.07. The van der Waals surface area contributed by atoms with E-state index in [4.69, 9.17) is 12.2 Å². The summed E-state index contributed by atoms with van der Waals surface area (Å²) < 4.78 is 3.42. The highest BCUT2D eigenvalue weighted by Gasteiger charge is 2.21. The van der Waals surface area contributed by atoms with Crippen molar-refractivity contribution in [1.29, 1.82) is 0 Å². The van der Waals surface area contributed by atoms with Crippen molar-refractivity contribution < 1.29 is 4.79 Å². The van der Waals surface area contributed by atoms with Gasteiger partial charge < -0.3 is 9.88 Å². The summed E-state index contributed by atoms with van der Waals surface area (Å²) in [7, 11) is 0. The third-order valence-electron chi connectivity index (χ3n) is 3.90. The minimum atomic E-state index is -0.190. The van der Waals surface area contributed by atoms with Crippen LogP contribution in [0.15, 0.2) is 30.0 Å². The number of carbonyl (C=O) groups excluding carboxylic acids is 1. The van der Waals surface area contributed by atoms with Crippen molar-refractivity contribution in [1.82, 2.24) is 15.2 Å². The van der Waals surface area contributed by atoms with E-state index >= 15 is 0 Å². The van der Waals surface area contributed by atoms with Gasteiger partial charge >= 0.3 is 0 Å². The normalized spacial score (nSPS) is 15.9. The molecule has 1 aromatic carbocycles. The molecule has 0 spiro atoms. The molecule has 1 aromatic heterocycles. The molecule has 4 nitrogen and oxygen atoms in total. The first-order valence-corrected chi connectivity index (χ1v) is 8.65. The number of thiocarbonyl (C=S) groups is 1. The summed E-state index contributed by atoms with van der Waals surface area (Å²) in [6, 6.07) is 8.48. The number of nitrogens with one attached hydrogen (secondary N) is 2. The second kappa shape index (κ2) is 6.09. The molecule has 1 fully saturated rings. The number of benzene rings is 1. The van der Waals surface area contributed by atoms with Crippen molar-refractivity contribution in [2.24, 2.45) is 0 Å². The molecule has 0 unspecified atom stereocenters. The SMILES string of the molecule is Cc1ccc(-n2c(C)cc(/C=C3\NC(=S)NC3=O)c2C)cc1I. The van der Waals surface area contributed by atoms with Crippen LogP contribution in [0.3, 0.4) is 0 Å². The van der Waals surface area contributed by atoms with Crippen LogP contribution in [0.5, 0.6) is 0 Å². The minimum Gasteiger partial charge on any atom is -0.328 e. The molecule has 3 rings (SSSR count). The van der Waals surface area contributed by atoms with Gasteiger partial charge in [0, 0.05) is 20.6 Å². The molecule has 2 heterocycles. The summed E-state index contributed by atoms with van der Waals surface area (Å²) >= 11 is 7.32. The molecule has 0 atom stereocenters. The summed E-state index contributed by atoms with van der Waals surface area (Å²) in [5.74, 6) is -0.190. The van der Waals surface area contributed by atoms with Crippen molar-refractivity contribution in [3.63, 3.8) is 0 Å². The Morgan fingerprint density at radius 3 is 2.52 bits per heavy atom. The molecule has 1 aliphatic heterocycles. The standard InChI is InChI=1S/C17H16IN3OS/c1-9-4-5-13(8-14(9)18)21-10(2)6-12(11(21)3)7-15-16(22)20-17(23)19-15/h4-8H,1-3H3,(H2,19,20,22,23)/b15-7-. The average Bonchev–Trinajstić information content (AvgIpc) is 2.93. The number of nitrogens with zero attached hydrogens (tertiary/aromatic N) is 1. The van der Waals surface area contributed by atoms with E-state index in [1.54, 1.807) is 0 Å². The van der Waals surface area contributed by atoms with Crippen LogP contribution in [0, 0.1) is 24.3 Å². The van der Waals surface area contributed by atoms with Crippen LogP contribution < -0.4 is 10.6 Å². The van der Waals surface area contributed by atoms with Crippen LogP contribution in [0.2, 0.25) is 0 Å². The molecule has 1 saturated heterocycles. The Morgan fingerprint density at radius 1 is 1.17 bits per heavy atom. The predicted octanol–water partition coefficient (Wildman–Crippen LogP) is 3.35. The Hall–Kier alpha value is -1.67. The lowest BCUT2D eigenvalue weighted by Gasteiger charge is -2.11. The van der Waals surface area contributed by atoms with Crippen LogP contribution in [0.1, 0.15) is 22.5 Å². The largest absolute Gasteiger partial charge is 0.328 e. The van der Waals surface area contributed by atoms with Crippen LogP contribution >= 0.6 is 34.8 Å². The van der Waals surface area contributed by atoms with Crippen molar-refractivity contribution in [2.75, 3.05) is 0 Å². The predicted molar refractivity (Wildman–Crippen MR) is 105 cm³/mol. The van der Waals surface area contributed by atoms with E-state index in [1.807, 2.05) is 6.08 Å². The van der Waals surface area contributed by atoms with Crippen LogP contribution in [0.4, 0.5) is 0 Å². The average molecular weight is 437 g/mol. The molecule has 0 saturated carbocycles. The zero-order chi connectivity index (χ0) is 16.7. The lowest BCUT2D eigenvalue weighted by Crippen LogP contribution is -2.21. The zero-order valence-electron chi connectivity index (χ0n) is 13.0. The molecule has 0 aliphatic carbocycles. The number of aromatic nitrogens is 1. The number of carbonyl (C=O) groups is 1. The Labute approximate surface area is 154 Å². The molecule has 6 heteroatoms. The van der Waals surface area contributed by atoms with Gasteiger partial charge in [-0.15, -0.1) is 0 Å². The van der Waals surface area contributed by atoms with E-state index in [0.717, 1.165) is 22.6 Å². The summed E-state index contributed by atoms with van der Waals surface area (Å²) in [4.78, 5) is 11.8. The second-order valence-corrected chi connectivity index (χ2v) is 7.13. The van der Waals surface area contributed by atoms with Crippen LogP contribution in [-0.2, 0) is 4.79 Å². The van der Waals surface area contributed by atoms with Gasteiger partial charge in [-0.05, 0) is 91.0 Å². The monoisotopic (exact) mass is 437 g/mol. The highest BCUT2D eigenvalue weighted by molar-refractivity contribution is 14.1. The molecular formula is C17H16IN3OS. The van der Waals surface area contributed by atoms with Gasteiger partial charge in [0.25, 0.3) is 5.91 Å². The number of aryl methyl sites for hydroxylation is 2. The molecule has 1 aliphatic rings. The van der Waals surface area contributed by atoms with Gasteiger partial charge in [-0.3, -0.25) is 10.1 Å². The maximum Gasteiger partial charge on any atom is 0.273 e. The van der Waals surface area contributed by atoms with E-state index in [0.29, 0.717) is 10.8 Å². The first-order chi connectivity index (χ1) is 10.9. The third kappa shape index (κ3) is 3.05. The highest BCUT2D eigenvalue weighted by Crippen LogP contribution is 2.25. The summed E-state index contributed by atoms with van der Waals surface area (Å²) in [6.45, 7) is 6.22. The van der Waals surface area contributed by atoms with Gasteiger partial charge in [-0.25, -0.2) is 0 Å². The summed E-state index contributed by atoms with van der Waals surface area (Å²) in [5, 5.41) is 5.81. The van der Waals surface area contributed by atoms with E-state index in [9.17, 15) is 4.79 Å².